The van der Waals surface area contributed by atoms with Crippen molar-refractivity contribution in [3.63, 3.8) is 0 Å². The van der Waals surface area contributed by atoms with E-state index < -0.39 is 5.76 Å². The van der Waals surface area contributed by atoms with Crippen LogP contribution in [-0.4, -0.2) is 23.0 Å². The van der Waals surface area contributed by atoms with Crippen LogP contribution in [0.4, 0.5) is 0 Å². The van der Waals surface area contributed by atoms with Gasteiger partial charge in [-0.15, -0.1) is 0 Å². The minimum atomic E-state index is -0.597. The molecule has 2 saturated carbocycles. The molecule has 2 aromatic rings. The van der Waals surface area contributed by atoms with Gasteiger partial charge in [0.15, 0.2) is 11.6 Å². The molecule has 1 aromatic heterocycles. The number of carbonyl (C=O) groups is 1. The van der Waals surface area contributed by atoms with E-state index in [1.807, 2.05) is 6.07 Å². The van der Waals surface area contributed by atoms with E-state index in [1.165, 1.54) is 0 Å². The molecule has 1 N–H and O–H groups in total. The number of nitrogens with zero attached hydrogens (tertiary/aromatic N) is 1. The molecule has 1 heterocycles. The van der Waals surface area contributed by atoms with Gasteiger partial charge in [-0.3, -0.25) is 14.3 Å². The van der Waals surface area contributed by atoms with Gasteiger partial charge in [-0.05, 0) is 25.3 Å². The van der Waals surface area contributed by atoms with Gasteiger partial charge in [0.25, 0.3) is 0 Å². The molecular weight excluding hydrogens is 320 g/mol. The number of nitrogens with one attached hydrogen (secondary N) is 1. The molecule has 4 rings (SSSR count). The third kappa shape index (κ3) is 2.42. The van der Waals surface area contributed by atoms with Gasteiger partial charge in [-0.25, -0.2) is 4.79 Å². The monoisotopic (exact) mass is 334 g/mol. The van der Waals surface area contributed by atoms with Crippen molar-refractivity contribution in [3.05, 3.63) is 50.7 Å². The van der Waals surface area contributed by atoms with Gasteiger partial charge >= 0.3 is 5.76 Å². The largest absolute Gasteiger partial charge is 0.438 e. The standard InChI is InChI=1S/C16H15ClN2O4/c1-22-16(4-5-16)11-3-2-8(6-12(11)17)13(20)9-7-10(9)14-18-15(21)23-19-14/h2-3,6,9-10H,4-5,7H2,1H3,(H,18,19,21). The highest BCUT2D eigenvalue weighted by Crippen LogP contribution is 2.52. The number of Topliss-reactive ketones (excluding diaryl/α,β-unsaturated/α-hetero) is 1. The summed E-state index contributed by atoms with van der Waals surface area (Å²) in [5.41, 5.74) is 1.23. The van der Waals surface area contributed by atoms with Crippen LogP contribution < -0.4 is 5.76 Å². The normalized spacial score (nSPS) is 24.4. The number of benzene rings is 1. The molecule has 2 fully saturated rings. The first kappa shape index (κ1) is 14.7. The van der Waals surface area contributed by atoms with Crippen LogP contribution in [0.1, 0.15) is 46.9 Å². The quantitative estimate of drug-likeness (QED) is 0.849. The van der Waals surface area contributed by atoms with Crippen LogP contribution in [0.15, 0.2) is 27.5 Å². The zero-order valence-corrected chi connectivity index (χ0v) is 13.2. The molecule has 1 aromatic carbocycles. The van der Waals surface area contributed by atoms with E-state index in [0.29, 0.717) is 22.8 Å². The molecule has 0 spiro atoms. The van der Waals surface area contributed by atoms with Crippen LogP contribution in [0.25, 0.3) is 0 Å². The van der Waals surface area contributed by atoms with Gasteiger partial charge in [0.05, 0.1) is 5.60 Å². The van der Waals surface area contributed by atoms with Crippen LogP contribution in [0, 0.1) is 5.92 Å². The second kappa shape index (κ2) is 5.04. The summed E-state index contributed by atoms with van der Waals surface area (Å²) in [5, 5.41) is 4.21. The third-order valence-electron chi connectivity index (χ3n) is 4.77. The van der Waals surface area contributed by atoms with Crippen molar-refractivity contribution in [1.82, 2.24) is 10.1 Å². The average Bonchev–Trinajstić information content (AvgIpc) is 3.45. The summed E-state index contributed by atoms with van der Waals surface area (Å²) in [4.78, 5) is 26.0. The van der Waals surface area contributed by atoms with Crippen molar-refractivity contribution in [2.75, 3.05) is 7.11 Å². The Balaban J connectivity index is 1.54. The van der Waals surface area contributed by atoms with Gasteiger partial charge in [0, 0.05) is 35.1 Å². The molecule has 2 unspecified atom stereocenters. The second-order valence-corrected chi connectivity index (χ2v) is 6.59. The van der Waals surface area contributed by atoms with Crippen LogP contribution >= 0.6 is 11.6 Å². The third-order valence-corrected chi connectivity index (χ3v) is 5.09. The number of aromatic amines is 1. The molecule has 6 nitrogen and oxygen atoms in total. The summed E-state index contributed by atoms with van der Waals surface area (Å²) in [6, 6.07) is 5.38. The van der Waals surface area contributed by atoms with Crippen LogP contribution in [0.5, 0.6) is 0 Å². The molecule has 0 saturated heterocycles. The number of H-pyrrole nitrogens is 1. The number of halogens is 1. The number of hydrogen-bond acceptors (Lipinski definition) is 5. The lowest BCUT2D eigenvalue weighted by Gasteiger charge is -2.16. The molecule has 23 heavy (non-hydrogen) atoms. The van der Waals surface area contributed by atoms with Crippen molar-refractivity contribution in [2.24, 2.45) is 5.92 Å². The van der Waals surface area contributed by atoms with Gasteiger partial charge in [-0.1, -0.05) is 28.9 Å². The van der Waals surface area contributed by atoms with Gasteiger partial charge in [0.1, 0.15) is 0 Å². The highest BCUT2D eigenvalue weighted by Gasteiger charge is 2.48. The maximum atomic E-state index is 12.6. The van der Waals surface area contributed by atoms with Crippen LogP contribution in [0.2, 0.25) is 5.02 Å². The zero-order chi connectivity index (χ0) is 16.2. The van der Waals surface area contributed by atoms with Crippen molar-refractivity contribution in [3.8, 4) is 0 Å². The molecule has 2 aliphatic rings. The van der Waals surface area contributed by atoms with E-state index >= 15 is 0 Å². The highest BCUT2D eigenvalue weighted by atomic mass is 35.5. The lowest BCUT2D eigenvalue weighted by atomic mass is 10.0. The molecule has 0 amide bonds. The first-order valence-corrected chi connectivity index (χ1v) is 7.87. The Morgan fingerprint density at radius 2 is 2.26 bits per heavy atom. The Bertz CT molecular complexity index is 837. The number of ether oxygens (including phenoxy) is 1. The highest BCUT2D eigenvalue weighted by molar-refractivity contribution is 6.32. The smallest absolute Gasteiger partial charge is 0.373 e. The zero-order valence-electron chi connectivity index (χ0n) is 12.5. The van der Waals surface area contributed by atoms with E-state index in [2.05, 4.69) is 14.7 Å². The first-order chi connectivity index (χ1) is 11.0. The minimum Gasteiger partial charge on any atom is -0.373 e. The summed E-state index contributed by atoms with van der Waals surface area (Å²) in [6.07, 6.45) is 2.55. The first-order valence-electron chi connectivity index (χ1n) is 7.49. The van der Waals surface area contributed by atoms with Crippen molar-refractivity contribution < 1.29 is 14.1 Å². The van der Waals surface area contributed by atoms with E-state index in [9.17, 15) is 9.59 Å². The Hall–Kier alpha value is -1.92. The summed E-state index contributed by atoms with van der Waals surface area (Å²) in [6.45, 7) is 0. The summed E-state index contributed by atoms with van der Waals surface area (Å²) >= 11 is 6.35. The van der Waals surface area contributed by atoms with Crippen molar-refractivity contribution in [1.29, 1.82) is 0 Å². The fourth-order valence-electron chi connectivity index (χ4n) is 3.14. The van der Waals surface area contributed by atoms with Gasteiger partial charge < -0.3 is 4.74 Å². The number of hydrogen-bond donors (Lipinski definition) is 1. The average molecular weight is 335 g/mol. The number of ketones is 1. The molecule has 120 valence electrons. The number of rotatable bonds is 5. The maximum Gasteiger partial charge on any atom is 0.438 e. The van der Waals surface area contributed by atoms with E-state index in [1.54, 1.807) is 19.2 Å². The summed E-state index contributed by atoms with van der Waals surface area (Å²) in [7, 11) is 1.68. The molecule has 2 atom stereocenters. The van der Waals surface area contributed by atoms with E-state index in [-0.39, 0.29) is 23.2 Å². The summed E-state index contributed by atoms with van der Waals surface area (Å²) < 4.78 is 10.0. The second-order valence-electron chi connectivity index (χ2n) is 6.19. The predicted octanol–water partition coefficient (Wildman–Crippen LogP) is 2.64. The van der Waals surface area contributed by atoms with Gasteiger partial charge in [0.2, 0.25) is 0 Å². The molecular formula is C16H15ClN2O4. The Labute approximate surface area is 136 Å². The molecule has 0 bridgehead atoms. The Kier molecular flexibility index (Phi) is 3.21. The van der Waals surface area contributed by atoms with Crippen LogP contribution in [0.3, 0.4) is 0 Å². The van der Waals surface area contributed by atoms with E-state index in [4.69, 9.17) is 16.3 Å². The number of aromatic nitrogens is 2. The predicted molar refractivity (Wildman–Crippen MR) is 81.7 cm³/mol. The fraction of sp³-hybridized carbons (Fsp3) is 0.438. The van der Waals surface area contributed by atoms with E-state index in [0.717, 1.165) is 18.4 Å². The minimum absolute atomic E-state index is 0.00885. The number of carbonyl (C=O) groups excluding carboxylic acids is 1. The van der Waals surface area contributed by atoms with Crippen molar-refractivity contribution >= 4 is 17.4 Å². The Morgan fingerprint density at radius 3 is 2.83 bits per heavy atom. The lowest BCUT2D eigenvalue weighted by Crippen LogP contribution is -2.11. The summed E-state index contributed by atoms with van der Waals surface area (Å²) in [5.74, 6) is -0.419. The lowest BCUT2D eigenvalue weighted by molar-refractivity contribution is 0.0789. The Morgan fingerprint density at radius 1 is 1.48 bits per heavy atom. The topological polar surface area (TPSA) is 85.2 Å². The fourth-order valence-corrected chi connectivity index (χ4v) is 3.49. The number of methoxy groups -OCH3 is 1. The molecule has 7 heteroatoms. The SMILES string of the molecule is COC1(c2ccc(C(=O)C3CC3c3noc(=O)[nH]3)cc2Cl)CC1. The van der Waals surface area contributed by atoms with Crippen LogP contribution in [-0.2, 0) is 10.3 Å². The maximum absolute atomic E-state index is 12.6. The van der Waals surface area contributed by atoms with Crippen molar-refractivity contribution in [2.45, 2.75) is 30.8 Å². The van der Waals surface area contributed by atoms with Gasteiger partial charge in [-0.2, -0.15) is 0 Å². The molecule has 2 aliphatic carbocycles. The molecule has 0 aliphatic heterocycles. The molecule has 0 radical (unpaired) electrons.